The topological polar surface area (TPSA) is 84.9 Å². The molecule has 2 amide bonds. The second kappa shape index (κ2) is 7.93. The summed E-state index contributed by atoms with van der Waals surface area (Å²) in [4.78, 5) is 36.4. The molecule has 1 unspecified atom stereocenters. The quantitative estimate of drug-likeness (QED) is 0.792. The normalized spacial score (nSPS) is 22.4. The number of likely N-dealkylation sites (tertiary alicyclic amines) is 1. The summed E-state index contributed by atoms with van der Waals surface area (Å²) in [6.07, 6.45) is 4.74. The summed E-state index contributed by atoms with van der Waals surface area (Å²) in [5, 5.41) is 0. The van der Waals surface area contributed by atoms with E-state index in [4.69, 9.17) is 9.47 Å². The molecule has 3 heterocycles. The van der Waals surface area contributed by atoms with E-state index in [-0.39, 0.29) is 31.0 Å². The Hall–Kier alpha value is -3.00. The lowest BCUT2D eigenvalue weighted by molar-refractivity contribution is -0.154. The summed E-state index contributed by atoms with van der Waals surface area (Å²) in [6, 6.07) is 11.4. The van der Waals surface area contributed by atoms with Crippen LogP contribution < -0.4 is 9.64 Å². The van der Waals surface area contributed by atoms with Gasteiger partial charge in [-0.2, -0.15) is 0 Å². The van der Waals surface area contributed by atoms with Gasteiger partial charge < -0.3 is 19.3 Å². The average Bonchev–Trinajstić information content (AvgIpc) is 2.75. The smallest absolute Gasteiger partial charge is 0.316 e. The highest BCUT2D eigenvalue weighted by atomic mass is 16.5. The van der Waals surface area contributed by atoms with Gasteiger partial charge in [0.1, 0.15) is 12.2 Å². The Bertz CT molecular complexity index is 833. The van der Waals surface area contributed by atoms with Crippen molar-refractivity contribution in [2.75, 3.05) is 37.7 Å². The van der Waals surface area contributed by atoms with Crippen LogP contribution in [0, 0.1) is 0 Å². The zero-order valence-electron chi connectivity index (χ0n) is 15.5. The number of carbonyl (C=O) groups excluding carboxylic acids is 2. The van der Waals surface area contributed by atoms with E-state index in [1.807, 2.05) is 30.3 Å². The van der Waals surface area contributed by atoms with Crippen LogP contribution in [0.15, 0.2) is 48.8 Å². The van der Waals surface area contributed by atoms with Crippen LogP contribution in [0.25, 0.3) is 0 Å². The number of piperidine rings is 1. The van der Waals surface area contributed by atoms with Crippen LogP contribution in [0.3, 0.4) is 0 Å². The molecule has 1 spiro atoms. The molecule has 8 nitrogen and oxygen atoms in total. The van der Waals surface area contributed by atoms with Gasteiger partial charge in [0.2, 0.25) is 0 Å². The Balaban J connectivity index is 1.42. The average molecular weight is 382 g/mol. The van der Waals surface area contributed by atoms with Gasteiger partial charge in [-0.3, -0.25) is 9.59 Å². The highest BCUT2D eigenvalue weighted by Gasteiger charge is 2.44. The number of carbonyl (C=O) groups is 2. The number of nitrogens with zero attached hydrogens (tertiary/aromatic N) is 4. The highest BCUT2D eigenvalue weighted by molar-refractivity contribution is 5.95. The van der Waals surface area contributed by atoms with Gasteiger partial charge >= 0.3 is 6.01 Å². The molecule has 28 heavy (non-hydrogen) atoms. The Kier molecular flexibility index (Phi) is 5.21. The molecule has 0 saturated carbocycles. The van der Waals surface area contributed by atoms with Crippen molar-refractivity contribution in [1.29, 1.82) is 0 Å². The molecule has 4 rings (SSSR count). The first-order valence-electron chi connectivity index (χ1n) is 9.32. The van der Waals surface area contributed by atoms with E-state index >= 15 is 0 Å². The zero-order chi connectivity index (χ0) is 19.4. The second-order valence-electron chi connectivity index (χ2n) is 7.03. The van der Waals surface area contributed by atoms with Crippen molar-refractivity contribution >= 4 is 17.5 Å². The van der Waals surface area contributed by atoms with Gasteiger partial charge in [-0.1, -0.05) is 18.2 Å². The van der Waals surface area contributed by atoms with Gasteiger partial charge in [0.15, 0.2) is 6.61 Å². The van der Waals surface area contributed by atoms with Crippen LogP contribution in [-0.2, 0) is 14.3 Å². The van der Waals surface area contributed by atoms with Crippen molar-refractivity contribution < 1.29 is 19.1 Å². The number of hydrogen-bond acceptors (Lipinski definition) is 6. The third-order valence-electron chi connectivity index (χ3n) is 5.08. The minimum Gasteiger partial charge on any atom is -0.453 e. The molecule has 8 heteroatoms. The molecule has 2 aromatic rings. The molecule has 2 aliphatic heterocycles. The lowest BCUT2D eigenvalue weighted by atomic mass is 9.90. The molecule has 2 saturated heterocycles. The molecule has 0 radical (unpaired) electrons. The number of hydrogen-bond donors (Lipinski definition) is 0. The number of amides is 2. The van der Waals surface area contributed by atoms with Crippen molar-refractivity contribution in [3.63, 3.8) is 0 Å². The first kappa shape index (κ1) is 18.4. The van der Waals surface area contributed by atoms with Gasteiger partial charge in [-0.15, -0.1) is 0 Å². The van der Waals surface area contributed by atoms with Crippen LogP contribution in [-0.4, -0.2) is 65.1 Å². The van der Waals surface area contributed by atoms with Crippen molar-refractivity contribution in [1.82, 2.24) is 14.9 Å². The molecule has 1 atom stereocenters. The molecular formula is C20H22N4O4. The maximum atomic E-state index is 12.6. The number of aromatic nitrogens is 2. The zero-order valence-corrected chi connectivity index (χ0v) is 15.5. The molecule has 146 valence electrons. The SMILES string of the molecule is O=C(COc1ncccn1)N1CCCC2(C1)CN(c1ccccc1)C(=O)CO2. The van der Waals surface area contributed by atoms with E-state index in [1.54, 1.807) is 28.3 Å². The lowest BCUT2D eigenvalue weighted by Gasteiger charge is -2.47. The number of para-hydroxylation sites is 1. The van der Waals surface area contributed by atoms with E-state index in [9.17, 15) is 9.59 Å². The Labute approximate surface area is 163 Å². The monoisotopic (exact) mass is 382 g/mol. The van der Waals surface area contributed by atoms with Crippen LogP contribution >= 0.6 is 0 Å². The summed E-state index contributed by atoms with van der Waals surface area (Å²) < 4.78 is 11.3. The predicted molar refractivity (Wildman–Crippen MR) is 101 cm³/mol. The third-order valence-corrected chi connectivity index (χ3v) is 5.08. The van der Waals surface area contributed by atoms with E-state index in [0.717, 1.165) is 18.5 Å². The molecule has 0 N–H and O–H groups in total. The molecule has 2 aliphatic rings. The maximum Gasteiger partial charge on any atom is 0.316 e. The molecule has 1 aromatic heterocycles. The van der Waals surface area contributed by atoms with Crippen LogP contribution in [0.5, 0.6) is 6.01 Å². The number of ether oxygens (including phenoxy) is 2. The molecule has 2 fully saturated rings. The fourth-order valence-electron chi connectivity index (χ4n) is 3.69. The summed E-state index contributed by atoms with van der Waals surface area (Å²) in [6.45, 7) is 1.40. The number of rotatable bonds is 4. The molecule has 1 aromatic carbocycles. The van der Waals surface area contributed by atoms with Crippen LogP contribution in [0.1, 0.15) is 12.8 Å². The van der Waals surface area contributed by atoms with E-state index in [1.165, 1.54) is 0 Å². The van der Waals surface area contributed by atoms with Crippen LogP contribution in [0.2, 0.25) is 0 Å². The third kappa shape index (κ3) is 3.96. The molecule has 0 aliphatic carbocycles. The van der Waals surface area contributed by atoms with Crippen molar-refractivity contribution in [2.45, 2.75) is 18.4 Å². The van der Waals surface area contributed by atoms with E-state index < -0.39 is 5.60 Å². The van der Waals surface area contributed by atoms with Crippen molar-refractivity contribution in [2.24, 2.45) is 0 Å². The van der Waals surface area contributed by atoms with Gasteiger partial charge in [0.05, 0.1) is 13.1 Å². The lowest BCUT2D eigenvalue weighted by Crippen LogP contribution is -2.62. The largest absolute Gasteiger partial charge is 0.453 e. The van der Waals surface area contributed by atoms with Crippen LogP contribution in [0.4, 0.5) is 5.69 Å². The summed E-state index contributed by atoms with van der Waals surface area (Å²) in [5.74, 6) is -0.205. The second-order valence-corrected chi connectivity index (χ2v) is 7.03. The predicted octanol–water partition coefficient (Wildman–Crippen LogP) is 1.28. The van der Waals surface area contributed by atoms with Gasteiger partial charge in [0.25, 0.3) is 11.8 Å². The maximum absolute atomic E-state index is 12.6. The first-order valence-corrected chi connectivity index (χ1v) is 9.32. The first-order chi connectivity index (χ1) is 13.7. The summed E-state index contributed by atoms with van der Waals surface area (Å²) >= 11 is 0. The number of anilines is 1. The fourth-order valence-corrected chi connectivity index (χ4v) is 3.69. The standard InChI is InChI=1S/C20H22N4O4/c25-17(12-27-19-21-9-5-10-22-19)23-11-4-8-20(14-23)15-24(18(26)13-28-20)16-6-2-1-3-7-16/h1-3,5-7,9-10H,4,8,11-15H2. The summed E-state index contributed by atoms with van der Waals surface area (Å²) in [7, 11) is 0. The van der Waals surface area contributed by atoms with Crippen molar-refractivity contribution in [3.05, 3.63) is 48.8 Å². The van der Waals surface area contributed by atoms with E-state index in [0.29, 0.717) is 19.6 Å². The van der Waals surface area contributed by atoms with E-state index in [2.05, 4.69) is 9.97 Å². The minimum absolute atomic E-state index is 0.0191. The Morgan fingerprint density at radius 3 is 2.71 bits per heavy atom. The molecular weight excluding hydrogens is 360 g/mol. The number of benzene rings is 1. The van der Waals surface area contributed by atoms with Gasteiger partial charge in [-0.25, -0.2) is 9.97 Å². The fraction of sp³-hybridized carbons (Fsp3) is 0.400. The van der Waals surface area contributed by atoms with Gasteiger partial charge in [0, 0.05) is 24.6 Å². The van der Waals surface area contributed by atoms with Crippen molar-refractivity contribution in [3.8, 4) is 6.01 Å². The Morgan fingerprint density at radius 2 is 1.93 bits per heavy atom. The van der Waals surface area contributed by atoms with Gasteiger partial charge in [-0.05, 0) is 31.0 Å². The minimum atomic E-state index is -0.555. The Morgan fingerprint density at radius 1 is 1.14 bits per heavy atom. The molecule has 0 bridgehead atoms. The highest BCUT2D eigenvalue weighted by Crippen LogP contribution is 2.31. The summed E-state index contributed by atoms with van der Waals surface area (Å²) in [5.41, 5.74) is 0.296. The number of morpholine rings is 1.